The van der Waals surface area contributed by atoms with E-state index in [1.807, 2.05) is 90.0 Å². The standard InChI is InChI=1S/C27H23FN2O/c28-23-14-7-13-22(19-23)26-24-15-8-16-29(24)17-18-30(26)27(31)25(20-9-3-1-4-10-20)21-11-5-2-6-12-21/h1-16,19,25-26H,17-18H2. The molecule has 4 aromatic rings. The van der Waals surface area contributed by atoms with Crippen LogP contribution < -0.4 is 0 Å². The number of fused-ring (bicyclic) bond motifs is 1. The van der Waals surface area contributed by atoms with Gasteiger partial charge in [-0.15, -0.1) is 0 Å². The van der Waals surface area contributed by atoms with Crippen molar-refractivity contribution in [2.45, 2.75) is 18.5 Å². The maximum absolute atomic E-state index is 14.1. The number of carbonyl (C=O) groups is 1. The molecular weight excluding hydrogens is 387 g/mol. The van der Waals surface area contributed by atoms with Crippen molar-refractivity contribution in [3.05, 3.63) is 131 Å². The molecule has 0 spiro atoms. The van der Waals surface area contributed by atoms with Gasteiger partial charge in [0.1, 0.15) is 5.82 Å². The molecule has 1 unspecified atom stereocenters. The Kier molecular flexibility index (Phi) is 5.13. The average molecular weight is 410 g/mol. The van der Waals surface area contributed by atoms with E-state index in [1.165, 1.54) is 12.1 Å². The Morgan fingerprint density at radius 3 is 2.13 bits per heavy atom. The van der Waals surface area contributed by atoms with Gasteiger partial charge >= 0.3 is 0 Å². The topological polar surface area (TPSA) is 25.2 Å². The number of benzene rings is 3. The summed E-state index contributed by atoms with van der Waals surface area (Å²) >= 11 is 0. The van der Waals surface area contributed by atoms with Crippen molar-refractivity contribution in [1.82, 2.24) is 9.47 Å². The lowest BCUT2D eigenvalue weighted by Gasteiger charge is -2.39. The van der Waals surface area contributed by atoms with Crippen LogP contribution in [0.25, 0.3) is 0 Å². The molecule has 154 valence electrons. The van der Waals surface area contributed by atoms with Crippen LogP contribution in [0.15, 0.2) is 103 Å². The third-order valence-electron chi connectivity index (χ3n) is 6.00. The van der Waals surface area contributed by atoms with Crippen LogP contribution in [0, 0.1) is 5.82 Å². The Labute approximate surface area is 181 Å². The molecule has 0 radical (unpaired) electrons. The van der Waals surface area contributed by atoms with E-state index in [4.69, 9.17) is 0 Å². The van der Waals surface area contributed by atoms with E-state index in [-0.39, 0.29) is 17.8 Å². The van der Waals surface area contributed by atoms with E-state index in [0.29, 0.717) is 6.54 Å². The zero-order valence-electron chi connectivity index (χ0n) is 17.1. The summed E-state index contributed by atoms with van der Waals surface area (Å²) in [6.45, 7) is 1.29. The van der Waals surface area contributed by atoms with Crippen molar-refractivity contribution < 1.29 is 9.18 Å². The molecule has 5 rings (SSSR count). The SMILES string of the molecule is O=C(C(c1ccccc1)c1ccccc1)N1CCn2cccc2C1c1cccc(F)c1. The first kappa shape index (κ1) is 19.3. The number of rotatable bonds is 4. The first-order valence-corrected chi connectivity index (χ1v) is 10.5. The minimum Gasteiger partial charge on any atom is -0.348 e. The van der Waals surface area contributed by atoms with Crippen LogP contribution in [0.2, 0.25) is 0 Å². The Bertz CT molecular complexity index is 1150. The molecular formula is C27H23FN2O. The predicted molar refractivity (Wildman–Crippen MR) is 119 cm³/mol. The molecule has 1 aliphatic rings. The van der Waals surface area contributed by atoms with E-state index in [1.54, 1.807) is 6.07 Å². The largest absolute Gasteiger partial charge is 0.348 e. The maximum Gasteiger partial charge on any atom is 0.235 e. The van der Waals surface area contributed by atoms with Crippen LogP contribution in [-0.4, -0.2) is 21.9 Å². The molecule has 0 saturated heterocycles. The number of halogens is 1. The van der Waals surface area contributed by atoms with Crippen molar-refractivity contribution in [3.8, 4) is 0 Å². The molecule has 2 heterocycles. The van der Waals surface area contributed by atoms with Gasteiger partial charge in [-0.05, 0) is 41.0 Å². The minimum absolute atomic E-state index is 0.0270. The Morgan fingerprint density at radius 2 is 1.48 bits per heavy atom. The molecule has 4 heteroatoms. The Morgan fingerprint density at radius 1 is 0.806 bits per heavy atom. The number of nitrogens with zero attached hydrogens (tertiary/aromatic N) is 2. The molecule has 0 fully saturated rings. The highest BCUT2D eigenvalue weighted by Gasteiger charge is 2.36. The first-order valence-electron chi connectivity index (χ1n) is 10.5. The average Bonchev–Trinajstić information content (AvgIpc) is 3.29. The summed E-state index contributed by atoms with van der Waals surface area (Å²) in [6, 6.07) is 30.0. The lowest BCUT2D eigenvalue weighted by atomic mass is 9.88. The number of amides is 1. The van der Waals surface area contributed by atoms with Crippen molar-refractivity contribution in [2.75, 3.05) is 6.54 Å². The van der Waals surface area contributed by atoms with Gasteiger partial charge in [-0.25, -0.2) is 4.39 Å². The second-order valence-corrected chi connectivity index (χ2v) is 7.87. The molecule has 0 bridgehead atoms. The van der Waals surface area contributed by atoms with Gasteiger partial charge in [0.15, 0.2) is 0 Å². The highest BCUT2D eigenvalue weighted by atomic mass is 19.1. The summed E-state index contributed by atoms with van der Waals surface area (Å²) in [5.41, 5.74) is 3.70. The smallest absolute Gasteiger partial charge is 0.235 e. The van der Waals surface area contributed by atoms with Crippen LogP contribution in [-0.2, 0) is 11.3 Å². The zero-order chi connectivity index (χ0) is 21.2. The predicted octanol–water partition coefficient (Wildman–Crippen LogP) is 5.39. The highest BCUT2D eigenvalue weighted by Crippen LogP contribution is 2.37. The summed E-state index contributed by atoms with van der Waals surface area (Å²) in [7, 11) is 0. The summed E-state index contributed by atoms with van der Waals surface area (Å²) in [5, 5.41) is 0. The van der Waals surface area contributed by atoms with Gasteiger partial charge in [0.25, 0.3) is 0 Å². The number of hydrogen-bond donors (Lipinski definition) is 0. The molecule has 0 aliphatic carbocycles. The molecule has 1 amide bonds. The lowest BCUT2D eigenvalue weighted by molar-refractivity contribution is -0.134. The van der Waals surface area contributed by atoms with Crippen molar-refractivity contribution in [1.29, 1.82) is 0 Å². The zero-order valence-corrected chi connectivity index (χ0v) is 17.1. The van der Waals surface area contributed by atoms with Crippen LogP contribution >= 0.6 is 0 Å². The molecule has 1 aliphatic heterocycles. The van der Waals surface area contributed by atoms with E-state index in [0.717, 1.165) is 28.9 Å². The van der Waals surface area contributed by atoms with Gasteiger partial charge in [0.05, 0.1) is 12.0 Å². The molecule has 3 nitrogen and oxygen atoms in total. The highest BCUT2D eigenvalue weighted by molar-refractivity contribution is 5.88. The summed E-state index contributed by atoms with van der Waals surface area (Å²) in [6.07, 6.45) is 2.02. The summed E-state index contributed by atoms with van der Waals surface area (Å²) in [4.78, 5) is 16.0. The lowest BCUT2D eigenvalue weighted by Crippen LogP contribution is -2.44. The number of hydrogen-bond acceptors (Lipinski definition) is 1. The Hall–Kier alpha value is -3.66. The molecule has 31 heavy (non-hydrogen) atoms. The van der Waals surface area contributed by atoms with Crippen LogP contribution in [0.3, 0.4) is 0 Å². The normalized spacial score (nSPS) is 15.7. The molecule has 3 aromatic carbocycles. The fourth-order valence-corrected chi connectivity index (χ4v) is 4.58. The van der Waals surface area contributed by atoms with Crippen molar-refractivity contribution >= 4 is 5.91 Å². The van der Waals surface area contributed by atoms with Gasteiger partial charge in [-0.2, -0.15) is 0 Å². The number of carbonyl (C=O) groups excluding carboxylic acids is 1. The quantitative estimate of drug-likeness (QED) is 0.443. The van der Waals surface area contributed by atoms with Crippen LogP contribution in [0.1, 0.15) is 34.3 Å². The second-order valence-electron chi connectivity index (χ2n) is 7.87. The van der Waals surface area contributed by atoms with Crippen LogP contribution in [0.5, 0.6) is 0 Å². The van der Waals surface area contributed by atoms with Crippen LogP contribution in [0.4, 0.5) is 4.39 Å². The monoisotopic (exact) mass is 410 g/mol. The minimum atomic E-state index is -0.417. The molecule has 1 aromatic heterocycles. The van der Waals surface area contributed by atoms with Gasteiger partial charge < -0.3 is 9.47 Å². The van der Waals surface area contributed by atoms with Gasteiger partial charge in [0.2, 0.25) is 5.91 Å². The first-order chi connectivity index (χ1) is 15.2. The van der Waals surface area contributed by atoms with Crippen molar-refractivity contribution in [3.63, 3.8) is 0 Å². The third kappa shape index (κ3) is 3.66. The Balaban J connectivity index is 1.61. The van der Waals surface area contributed by atoms with Gasteiger partial charge in [-0.1, -0.05) is 72.8 Å². The maximum atomic E-state index is 14.1. The molecule has 0 saturated carbocycles. The second kappa shape index (κ2) is 8.23. The van der Waals surface area contributed by atoms with E-state index >= 15 is 0 Å². The fourth-order valence-electron chi connectivity index (χ4n) is 4.58. The number of aromatic nitrogens is 1. The van der Waals surface area contributed by atoms with E-state index in [9.17, 15) is 9.18 Å². The fraction of sp³-hybridized carbons (Fsp3) is 0.148. The van der Waals surface area contributed by atoms with E-state index < -0.39 is 5.92 Å². The van der Waals surface area contributed by atoms with Crippen molar-refractivity contribution in [2.24, 2.45) is 0 Å². The van der Waals surface area contributed by atoms with Gasteiger partial charge in [0, 0.05) is 25.0 Å². The third-order valence-corrected chi connectivity index (χ3v) is 6.00. The summed E-state index contributed by atoms with van der Waals surface area (Å²) < 4.78 is 16.3. The van der Waals surface area contributed by atoms with E-state index in [2.05, 4.69) is 4.57 Å². The van der Waals surface area contributed by atoms with Gasteiger partial charge in [-0.3, -0.25) is 4.79 Å². The molecule has 0 N–H and O–H groups in total. The summed E-state index contributed by atoms with van der Waals surface area (Å²) in [5.74, 6) is -0.685. The molecule has 1 atom stereocenters.